The van der Waals surface area contributed by atoms with Crippen molar-refractivity contribution in [2.75, 3.05) is 5.33 Å². The number of carbonyl (C=O) groups is 1. The first kappa shape index (κ1) is 13.1. The Labute approximate surface area is 115 Å². The molecule has 1 amide bonds. The van der Waals surface area contributed by atoms with Crippen molar-refractivity contribution in [3.63, 3.8) is 0 Å². The lowest BCUT2D eigenvalue weighted by Gasteiger charge is -2.36. The monoisotopic (exact) mass is 315 g/mol. The summed E-state index contributed by atoms with van der Waals surface area (Å²) < 4.78 is 0. The molecule has 1 N–H and O–H groups in total. The molecule has 2 rings (SSSR count). The van der Waals surface area contributed by atoms with Gasteiger partial charge in [0, 0.05) is 10.2 Å². The Balaban J connectivity index is 2.05. The summed E-state index contributed by atoms with van der Waals surface area (Å²) in [6.07, 6.45) is 5.91. The summed E-state index contributed by atoms with van der Waals surface area (Å²) in [7, 11) is 0. The number of halogens is 1. The molecule has 1 aromatic heterocycles. The number of hydrogen-bond acceptors (Lipinski definition) is 2. The van der Waals surface area contributed by atoms with Gasteiger partial charge in [0.1, 0.15) is 0 Å². The minimum absolute atomic E-state index is 0.0206. The maximum atomic E-state index is 12.2. The fraction of sp³-hybridized carbons (Fsp3) is 0.615. The minimum atomic E-state index is -0.0206. The van der Waals surface area contributed by atoms with Gasteiger partial charge >= 0.3 is 0 Å². The van der Waals surface area contributed by atoms with Gasteiger partial charge < -0.3 is 5.32 Å². The molecule has 1 aromatic rings. The maximum Gasteiger partial charge on any atom is 0.261 e. The van der Waals surface area contributed by atoms with Gasteiger partial charge in [0.05, 0.1) is 10.4 Å². The van der Waals surface area contributed by atoms with Crippen LogP contribution in [0.15, 0.2) is 12.1 Å². The third-order valence-corrected chi connectivity index (χ3v) is 5.48. The molecule has 17 heavy (non-hydrogen) atoms. The highest BCUT2D eigenvalue weighted by atomic mass is 79.9. The van der Waals surface area contributed by atoms with Gasteiger partial charge in [-0.15, -0.1) is 11.3 Å². The van der Waals surface area contributed by atoms with Gasteiger partial charge in [0.2, 0.25) is 0 Å². The molecule has 0 bridgehead atoms. The van der Waals surface area contributed by atoms with Crippen molar-refractivity contribution >= 4 is 33.2 Å². The molecule has 0 saturated heterocycles. The molecule has 0 aliphatic heterocycles. The SMILES string of the molecule is Cc1ccc(C(=O)NC2(CBr)CCCCC2)s1. The zero-order valence-corrected chi connectivity index (χ0v) is 12.5. The first-order chi connectivity index (χ1) is 8.15. The third kappa shape index (κ3) is 3.10. The fourth-order valence-electron chi connectivity index (χ4n) is 2.38. The summed E-state index contributed by atoms with van der Waals surface area (Å²) >= 11 is 5.13. The van der Waals surface area contributed by atoms with Crippen LogP contribution in [0.25, 0.3) is 0 Å². The second kappa shape index (κ2) is 5.53. The molecule has 1 aliphatic carbocycles. The van der Waals surface area contributed by atoms with Crippen molar-refractivity contribution in [3.8, 4) is 0 Å². The number of amides is 1. The van der Waals surface area contributed by atoms with E-state index in [4.69, 9.17) is 0 Å². The first-order valence-corrected chi connectivity index (χ1v) is 8.04. The van der Waals surface area contributed by atoms with E-state index in [9.17, 15) is 4.79 Å². The van der Waals surface area contributed by atoms with Gasteiger partial charge in [-0.2, -0.15) is 0 Å². The van der Waals surface area contributed by atoms with Gasteiger partial charge in [-0.3, -0.25) is 4.79 Å². The molecular weight excluding hydrogens is 298 g/mol. The first-order valence-electron chi connectivity index (χ1n) is 6.10. The van der Waals surface area contributed by atoms with Gasteiger partial charge in [-0.1, -0.05) is 35.2 Å². The lowest BCUT2D eigenvalue weighted by molar-refractivity contribution is 0.0890. The van der Waals surface area contributed by atoms with E-state index in [2.05, 4.69) is 21.2 Å². The number of hydrogen-bond donors (Lipinski definition) is 1. The number of carbonyl (C=O) groups excluding carboxylic acids is 1. The van der Waals surface area contributed by atoms with Crippen LogP contribution in [0.5, 0.6) is 0 Å². The zero-order chi connectivity index (χ0) is 12.3. The van der Waals surface area contributed by atoms with Gasteiger partial charge in [-0.25, -0.2) is 0 Å². The minimum Gasteiger partial charge on any atom is -0.345 e. The van der Waals surface area contributed by atoms with E-state index in [-0.39, 0.29) is 11.4 Å². The molecule has 4 heteroatoms. The van der Waals surface area contributed by atoms with E-state index in [1.165, 1.54) is 24.1 Å². The Morgan fingerprint density at radius 1 is 1.41 bits per heavy atom. The number of aryl methyl sites for hydroxylation is 1. The maximum absolute atomic E-state index is 12.2. The summed E-state index contributed by atoms with van der Waals surface area (Å²) in [6.45, 7) is 2.03. The molecule has 0 aromatic carbocycles. The molecule has 94 valence electrons. The van der Waals surface area contributed by atoms with Crippen molar-refractivity contribution in [2.24, 2.45) is 0 Å². The van der Waals surface area contributed by atoms with Gasteiger partial charge in [0.15, 0.2) is 0 Å². The topological polar surface area (TPSA) is 29.1 Å². The van der Waals surface area contributed by atoms with Gasteiger partial charge in [0.25, 0.3) is 5.91 Å². The highest BCUT2D eigenvalue weighted by molar-refractivity contribution is 9.09. The zero-order valence-electron chi connectivity index (χ0n) is 10.1. The average molecular weight is 316 g/mol. The summed E-state index contributed by atoms with van der Waals surface area (Å²) in [4.78, 5) is 14.2. The van der Waals surface area contributed by atoms with Crippen LogP contribution in [-0.2, 0) is 0 Å². The smallest absolute Gasteiger partial charge is 0.261 e. The Morgan fingerprint density at radius 2 is 2.12 bits per heavy atom. The van der Waals surface area contributed by atoms with Crippen molar-refractivity contribution < 1.29 is 4.79 Å². The Morgan fingerprint density at radius 3 is 2.65 bits per heavy atom. The lowest BCUT2D eigenvalue weighted by Crippen LogP contribution is -2.51. The standard InChI is InChI=1S/C13H18BrNOS/c1-10-5-6-11(17-10)12(16)15-13(9-14)7-3-2-4-8-13/h5-6H,2-4,7-9H2,1H3,(H,15,16). The Kier molecular flexibility index (Phi) is 4.26. The van der Waals surface area contributed by atoms with Crippen LogP contribution in [0.1, 0.15) is 46.7 Å². The van der Waals surface area contributed by atoms with Crippen molar-refractivity contribution in [3.05, 3.63) is 21.9 Å². The van der Waals surface area contributed by atoms with E-state index >= 15 is 0 Å². The second-order valence-corrected chi connectivity index (χ2v) is 6.69. The van der Waals surface area contributed by atoms with Crippen LogP contribution in [-0.4, -0.2) is 16.8 Å². The number of rotatable bonds is 3. The molecule has 0 atom stereocenters. The van der Waals surface area contributed by atoms with Crippen molar-refractivity contribution in [1.82, 2.24) is 5.32 Å². The van der Waals surface area contributed by atoms with Crippen LogP contribution in [0.4, 0.5) is 0 Å². The van der Waals surface area contributed by atoms with Crippen LogP contribution in [0.2, 0.25) is 0 Å². The summed E-state index contributed by atoms with van der Waals surface area (Å²) in [5.41, 5.74) is -0.0206. The highest BCUT2D eigenvalue weighted by Crippen LogP contribution is 2.30. The van der Waals surface area contributed by atoms with Crippen LogP contribution < -0.4 is 5.32 Å². The number of thiophene rings is 1. The number of alkyl halides is 1. The molecule has 1 saturated carbocycles. The van der Waals surface area contributed by atoms with E-state index in [1.807, 2.05) is 19.1 Å². The second-order valence-electron chi connectivity index (χ2n) is 4.84. The molecule has 2 nitrogen and oxygen atoms in total. The molecular formula is C13H18BrNOS. The van der Waals surface area contributed by atoms with Crippen molar-refractivity contribution in [1.29, 1.82) is 0 Å². The summed E-state index contributed by atoms with van der Waals surface area (Å²) in [6, 6.07) is 3.92. The lowest BCUT2D eigenvalue weighted by atomic mass is 9.83. The molecule has 0 radical (unpaired) electrons. The van der Waals surface area contributed by atoms with E-state index < -0.39 is 0 Å². The third-order valence-electron chi connectivity index (χ3n) is 3.41. The van der Waals surface area contributed by atoms with E-state index in [0.717, 1.165) is 23.0 Å². The molecule has 1 fully saturated rings. The van der Waals surface area contributed by atoms with E-state index in [1.54, 1.807) is 11.3 Å². The number of nitrogens with one attached hydrogen (secondary N) is 1. The Hall–Kier alpha value is -0.350. The van der Waals surface area contributed by atoms with Gasteiger partial charge in [-0.05, 0) is 31.9 Å². The normalized spacial score (nSPS) is 18.9. The van der Waals surface area contributed by atoms with Crippen molar-refractivity contribution in [2.45, 2.75) is 44.6 Å². The predicted octanol–water partition coefficient (Wildman–Crippen LogP) is 3.88. The van der Waals surface area contributed by atoms with E-state index in [0.29, 0.717) is 0 Å². The molecule has 0 unspecified atom stereocenters. The summed E-state index contributed by atoms with van der Waals surface area (Å²) in [5, 5.41) is 4.09. The largest absolute Gasteiger partial charge is 0.345 e. The Bertz CT molecular complexity index is 396. The summed E-state index contributed by atoms with van der Waals surface area (Å²) in [5.74, 6) is 0.0875. The van der Waals surface area contributed by atoms with Crippen LogP contribution in [0.3, 0.4) is 0 Å². The molecule has 1 heterocycles. The quantitative estimate of drug-likeness (QED) is 0.842. The average Bonchev–Trinajstić information content (AvgIpc) is 2.77. The predicted molar refractivity (Wildman–Crippen MR) is 76.1 cm³/mol. The molecule has 0 spiro atoms. The van der Waals surface area contributed by atoms with Crippen LogP contribution in [0, 0.1) is 6.92 Å². The molecule has 1 aliphatic rings. The van der Waals surface area contributed by atoms with Crippen LogP contribution >= 0.6 is 27.3 Å². The highest BCUT2D eigenvalue weighted by Gasteiger charge is 2.32. The fourth-order valence-corrected chi connectivity index (χ4v) is 3.84.